The Morgan fingerprint density at radius 3 is 1.00 bits per heavy atom. The van der Waals surface area contributed by atoms with Gasteiger partial charge in [0.15, 0.2) is 0 Å². The van der Waals surface area contributed by atoms with Gasteiger partial charge in [-0.1, -0.05) is 0 Å². The van der Waals surface area contributed by atoms with Gasteiger partial charge in [0, 0.05) is 118 Å². The van der Waals surface area contributed by atoms with Crippen LogP contribution in [0.3, 0.4) is 0 Å². The number of hydrogen-bond acceptors (Lipinski definition) is 0. The van der Waals surface area contributed by atoms with Gasteiger partial charge in [-0.15, -0.1) is 0 Å². The molecule has 0 amide bonds. The third kappa shape index (κ3) is 18.1. The summed E-state index contributed by atoms with van der Waals surface area (Å²) in [6.45, 7) is 0. The van der Waals surface area contributed by atoms with Crippen molar-refractivity contribution in [2.75, 3.05) is 0 Å². The maximum Gasteiger partial charge on any atom is 0 e. The molecule has 0 aromatic heterocycles. The van der Waals surface area contributed by atoms with Crippen LogP contribution in [0.2, 0.25) is 0 Å². The first-order chi connectivity index (χ1) is 0. The second-order valence-corrected chi connectivity index (χ2v) is 0. The first-order valence-electron chi connectivity index (χ1n) is 0. The van der Waals surface area contributed by atoms with Crippen LogP contribution in [0.4, 0.5) is 0 Å². The standard InChI is InChI=1S/Ag.Bi.In.Sn.Zn. The van der Waals surface area contributed by atoms with Crippen molar-refractivity contribution >= 4 is 76.0 Å². The van der Waals surface area contributed by atoms with Gasteiger partial charge in [-0.05, 0) is 0 Å². The van der Waals surface area contributed by atoms with Crippen LogP contribution in [0.25, 0.3) is 0 Å². The third-order valence-electron chi connectivity index (χ3n) is 0. The summed E-state index contributed by atoms with van der Waals surface area (Å²) in [5, 5.41) is 0. The Kier molecular flexibility index (Phi) is 180. The summed E-state index contributed by atoms with van der Waals surface area (Å²) in [6.07, 6.45) is 0. The molecule has 0 atom stereocenters. The predicted octanol–water partition coefficient (Wildman–Crippen LogP) is -1.15. The maximum absolute atomic E-state index is 0. The van der Waals surface area contributed by atoms with Gasteiger partial charge in [0.2, 0.25) is 0 Å². The topological polar surface area (TPSA) is 0 Å². The minimum absolute atomic E-state index is 0. The molecule has 25 valence electrons. The summed E-state index contributed by atoms with van der Waals surface area (Å²) in [5.41, 5.74) is 0. The fourth-order valence-corrected chi connectivity index (χ4v) is 0. The smallest absolute Gasteiger partial charge is 0 e. The van der Waals surface area contributed by atoms with E-state index in [0.717, 1.165) is 0 Å². The van der Waals surface area contributed by atoms with Gasteiger partial charge in [0.1, 0.15) is 0 Å². The van der Waals surface area contributed by atoms with Crippen molar-refractivity contribution in [1.82, 2.24) is 0 Å². The Bertz CT molecular complexity index is 11.6. The zero-order valence-electron chi connectivity index (χ0n) is 2.53. The van der Waals surface area contributed by atoms with Crippen LogP contribution in [0.1, 0.15) is 0 Å². The summed E-state index contributed by atoms with van der Waals surface area (Å²) in [5.74, 6) is 0. The third-order valence-corrected chi connectivity index (χ3v) is 0. The van der Waals surface area contributed by atoms with Crippen molar-refractivity contribution in [1.29, 1.82) is 0 Å². The van der Waals surface area contributed by atoms with Crippen molar-refractivity contribution in [2.24, 2.45) is 0 Å². The first kappa shape index (κ1) is 36.4. The SMILES string of the molecule is [Ag].[Bi].[In].[Sn].[Zn]. The van der Waals surface area contributed by atoms with Gasteiger partial charge in [0.05, 0.1) is 0 Å². The van der Waals surface area contributed by atoms with Gasteiger partial charge in [-0.2, -0.15) is 0 Å². The second-order valence-electron chi connectivity index (χ2n) is 0. The molecule has 0 saturated carbocycles. The van der Waals surface area contributed by atoms with Crippen LogP contribution >= 0.6 is 0 Å². The summed E-state index contributed by atoms with van der Waals surface area (Å²) in [7, 11) is 0. The Morgan fingerprint density at radius 1 is 1.00 bits per heavy atom. The molecular formula is AgBiInSnZn. The van der Waals surface area contributed by atoms with Crippen molar-refractivity contribution in [3.63, 3.8) is 0 Å². The van der Waals surface area contributed by atoms with Crippen LogP contribution in [-0.2, 0) is 41.9 Å². The van der Waals surface area contributed by atoms with E-state index in [4.69, 9.17) is 0 Å². The molecule has 0 nitrogen and oxygen atoms in total. The molecule has 0 rings (SSSR count). The van der Waals surface area contributed by atoms with E-state index in [1.54, 1.807) is 0 Å². The Hall–Kier alpha value is 3.92. The minimum Gasteiger partial charge on any atom is 0 e. The van der Waals surface area contributed by atoms with Crippen molar-refractivity contribution in [3.05, 3.63) is 0 Å². The Morgan fingerprint density at radius 2 is 1.00 bits per heavy atom. The van der Waals surface area contributed by atoms with Crippen LogP contribution in [0, 0.1) is 0 Å². The maximum atomic E-state index is 0. The van der Waals surface area contributed by atoms with Gasteiger partial charge in [-0.25, -0.2) is 0 Å². The molecule has 0 aliphatic carbocycles. The molecule has 0 aromatic rings. The van der Waals surface area contributed by atoms with Crippen molar-refractivity contribution in [2.45, 2.75) is 0 Å². The Balaban J connectivity index is 0. The van der Waals surface area contributed by atoms with E-state index in [0.29, 0.717) is 0 Å². The van der Waals surface area contributed by atoms with Crippen molar-refractivity contribution in [3.8, 4) is 0 Å². The van der Waals surface area contributed by atoms with Gasteiger partial charge in [-0.3, -0.25) is 0 Å². The van der Waals surface area contributed by atoms with Crippen LogP contribution in [-0.4, -0.2) is 76.0 Å². The summed E-state index contributed by atoms with van der Waals surface area (Å²) >= 11 is 0. The fraction of sp³-hybridized carbons (Fsp3) is 0. The molecule has 0 aromatic carbocycles. The van der Waals surface area contributed by atoms with E-state index in [-0.39, 0.29) is 118 Å². The molecule has 5 heteroatoms. The molecule has 0 heterocycles. The fourth-order valence-electron chi connectivity index (χ4n) is 0. The normalized spacial score (nSPS) is 0. The first-order valence-corrected chi connectivity index (χ1v) is 0. The molecule has 5 heavy (non-hydrogen) atoms. The van der Waals surface area contributed by atoms with E-state index in [1.165, 1.54) is 0 Å². The molecule has 0 aliphatic heterocycles. The van der Waals surface area contributed by atoms with E-state index >= 15 is 0 Å². The van der Waals surface area contributed by atoms with Crippen LogP contribution in [0.15, 0.2) is 0 Å². The zero-order chi connectivity index (χ0) is 0. The summed E-state index contributed by atoms with van der Waals surface area (Å²) in [4.78, 5) is 0. The summed E-state index contributed by atoms with van der Waals surface area (Å²) in [6, 6.07) is 0. The molecule has 0 aliphatic rings. The van der Waals surface area contributed by atoms with E-state index < -0.39 is 0 Å². The molecule has 0 unspecified atom stereocenters. The average Bonchev–Trinajstić information content (AvgIpc) is 0. The predicted molar refractivity (Wildman–Crippen MR) is 17.3 cm³/mol. The average molecular weight is 616 g/mol. The van der Waals surface area contributed by atoms with Gasteiger partial charge < -0.3 is 0 Å². The monoisotopic (exact) mass is 615 g/mol. The molecule has 0 fully saturated rings. The molecule has 0 saturated heterocycles. The molecule has 0 bridgehead atoms. The second kappa shape index (κ2) is 24.7. The molecule has 0 N–H and O–H groups in total. The molecule has 11 radical (unpaired) electrons. The van der Waals surface area contributed by atoms with Crippen LogP contribution < -0.4 is 0 Å². The zero-order valence-corrected chi connectivity index (χ0v) is 16.6. The summed E-state index contributed by atoms with van der Waals surface area (Å²) < 4.78 is 0. The van der Waals surface area contributed by atoms with E-state index in [1.807, 2.05) is 0 Å². The minimum atomic E-state index is 0. The number of rotatable bonds is 0. The van der Waals surface area contributed by atoms with Gasteiger partial charge >= 0.3 is 0 Å². The largest absolute Gasteiger partial charge is 0 e. The quantitative estimate of drug-likeness (QED) is 0.303. The molecular weight excluding hydrogens is 616 g/mol. The van der Waals surface area contributed by atoms with Crippen LogP contribution in [0.5, 0.6) is 0 Å². The molecule has 0 spiro atoms. The van der Waals surface area contributed by atoms with E-state index in [2.05, 4.69) is 0 Å². The Labute approximate surface area is 115 Å². The van der Waals surface area contributed by atoms with Crippen molar-refractivity contribution < 1.29 is 41.9 Å². The van der Waals surface area contributed by atoms with E-state index in [9.17, 15) is 0 Å². The van der Waals surface area contributed by atoms with Gasteiger partial charge in [0.25, 0.3) is 0 Å². The number of hydrogen-bond donors (Lipinski definition) is 0.